The van der Waals surface area contributed by atoms with Gasteiger partial charge in [0.25, 0.3) is 0 Å². The van der Waals surface area contributed by atoms with Crippen molar-refractivity contribution in [1.82, 2.24) is 21.3 Å². The van der Waals surface area contributed by atoms with Crippen LogP contribution in [0.1, 0.15) is 50.3 Å². The van der Waals surface area contributed by atoms with E-state index in [-0.39, 0.29) is 25.8 Å². The predicted octanol–water partition coefficient (Wildman–Crippen LogP) is 5.26. The summed E-state index contributed by atoms with van der Waals surface area (Å²) < 4.78 is 13.6. The van der Waals surface area contributed by atoms with Crippen LogP contribution in [0.25, 0.3) is 11.1 Å². The largest absolute Gasteiger partial charge is 0.351 e. The summed E-state index contributed by atoms with van der Waals surface area (Å²) in [6.45, 7) is 5.65. The molecule has 8 nitrogen and oxygen atoms in total. The molecule has 0 unspecified atom stereocenters. The highest BCUT2D eigenvalue weighted by atomic mass is 19.1. The molecule has 0 heterocycles. The van der Waals surface area contributed by atoms with E-state index in [2.05, 4.69) is 21.3 Å². The molecule has 2 atom stereocenters. The van der Waals surface area contributed by atoms with E-state index < -0.39 is 47.1 Å². The Balaban J connectivity index is 1.47. The molecular weight excluding hydrogens is 607 g/mol. The molecule has 4 aromatic carbocycles. The monoisotopic (exact) mass is 650 g/mol. The molecule has 0 bridgehead atoms. The lowest BCUT2D eigenvalue weighted by molar-refractivity contribution is -0.134. The fourth-order valence-electron chi connectivity index (χ4n) is 5.13. The number of amides is 4. The predicted molar refractivity (Wildman–Crippen MR) is 185 cm³/mol. The maximum atomic E-state index is 13.7. The van der Waals surface area contributed by atoms with Gasteiger partial charge in [-0.1, -0.05) is 97.1 Å². The first-order valence-electron chi connectivity index (χ1n) is 16.1. The molecule has 4 amide bonds. The second kappa shape index (κ2) is 17.0. The summed E-state index contributed by atoms with van der Waals surface area (Å²) in [6, 6.07) is 30.5. The molecule has 0 saturated heterocycles. The molecular formula is C39H43FN4O4. The number of carbonyl (C=O) groups is 4. The van der Waals surface area contributed by atoms with Crippen LogP contribution in [0, 0.1) is 5.82 Å². The minimum atomic E-state index is -1.23. The standard InChI is InChI=1S/C39H43FN4O4/c1-39(2,3)44-36(46)25-34(42-35(45)23-18-27-10-6-4-7-11-27)38(48)43-33(24-28-16-21-32(40)22-17-28)37(47)41-26-29-14-19-31(20-15-29)30-12-8-5-9-13-30/h4-17,19-22,33-34H,18,23-26H2,1-3H3,(H,41,47)(H,42,45)(H,43,48)(H,44,46)/t33-,34-/m0/s1. The smallest absolute Gasteiger partial charge is 0.243 e. The van der Waals surface area contributed by atoms with E-state index in [4.69, 9.17) is 0 Å². The number of nitrogens with one attached hydrogen (secondary N) is 4. The fourth-order valence-corrected chi connectivity index (χ4v) is 5.13. The average Bonchev–Trinajstić information content (AvgIpc) is 3.07. The molecule has 4 rings (SSSR count). The van der Waals surface area contributed by atoms with E-state index in [9.17, 15) is 23.6 Å². The second-order valence-electron chi connectivity index (χ2n) is 12.8. The third-order valence-electron chi connectivity index (χ3n) is 7.55. The van der Waals surface area contributed by atoms with Crippen LogP contribution in [0.15, 0.2) is 109 Å². The van der Waals surface area contributed by atoms with Gasteiger partial charge in [-0.2, -0.15) is 0 Å². The van der Waals surface area contributed by atoms with Crippen LogP contribution in [0.5, 0.6) is 0 Å². The third kappa shape index (κ3) is 11.8. The maximum Gasteiger partial charge on any atom is 0.243 e. The Bertz CT molecular complexity index is 1650. The van der Waals surface area contributed by atoms with Gasteiger partial charge < -0.3 is 21.3 Å². The van der Waals surface area contributed by atoms with Crippen molar-refractivity contribution in [3.8, 4) is 11.1 Å². The minimum absolute atomic E-state index is 0.0632. The maximum absolute atomic E-state index is 13.7. The quantitative estimate of drug-likeness (QED) is 0.149. The zero-order valence-corrected chi connectivity index (χ0v) is 27.6. The minimum Gasteiger partial charge on any atom is -0.351 e. The molecule has 0 aliphatic heterocycles. The molecule has 0 aliphatic rings. The Hall–Kier alpha value is -5.31. The van der Waals surface area contributed by atoms with Crippen LogP contribution >= 0.6 is 0 Å². The number of halogens is 1. The van der Waals surface area contributed by atoms with E-state index in [0.717, 1.165) is 22.3 Å². The summed E-state index contributed by atoms with van der Waals surface area (Å²) in [5.41, 5.74) is 4.01. The molecule has 0 aromatic heterocycles. The van der Waals surface area contributed by atoms with Crippen LogP contribution in [0.3, 0.4) is 0 Å². The lowest BCUT2D eigenvalue weighted by Crippen LogP contribution is -2.56. The molecule has 0 spiro atoms. The van der Waals surface area contributed by atoms with Crippen LogP contribution < -0.4 is 21.3 Å². The Morgan fingerprint density at radius 1 is 0.625 bits per heavy atom. The van der Waals surface area contributed by atoms with Gasteiger partial charge in [-0.25, -0.2) is 4.39 Å². The molecule has 0 saturated carbocycles. The van der Waals surface area contributed by atoms with E-state index in [0.29, 0.717) is 12.0 Å². The first-order valence-corrected chi connectivity index (χ1v) is 16.1. The Morgan fingerprint density at radius 2 is 1.21 bits per heavy atom. The Morgan fingerprint density at radius 3 is 1.83 bits per heavy atom. The Labute approximate surface area is 281 Å². The fraction of sp³-hybridized carbons (Fsp3) is 0.282. The van der Waals surface area contributed by atoms with Gasteiger partial charge in [-0.3, -0.25) is 19.2 Å². The topological polar surface area (TPSA) is 116 Å². The highest BCUT2D eigenvalue weighted by Gasteiger charge is 2.29. The van der Waals surface area contributed by atoms with Gasteiger partial charge in [-0.15, -0.1) is 0 Å². The van der Waals surface area contributed by atoms with Crippen molar-refractivity contribution in [3.63, 3.8) is 0 Å². The molecule has 250 valence electrons. The first-order chi connectivity index (χ1) is 22.9. The lowest BCUT2D eigenvalue weighted by atomic mass is 10.0. The van der Waals surface area contributed by atoms with Crippen molar-refractivity contribution in [3.05, 3.63) is 132 Å². The average molecular weight is 651 g/mol. The van der Waals surface area contributed by atoms with Crippen molar-refractivity contribution in [2.24, 2.45) is 0 Å². The van der Waals surface area contributed by atoms with E-state index in [1.807, 2.05) is 106 Å². The van der Waals surface area contributed by atoms with Crippen LogP contribution in [-0.2, 0) is 38.6 Å². The van der Waals surface area contributed by atoms with Crippen molar-refractivity contribution in [1.29, 1.82) is 0 Å². The molecule has 4 N–H and O–H groups in total. The SMILES string of the molecule is CC(C)(C)NC(=O)C[C@H](NC(=O)CCc1ccccc1)C(=O)N[C@@H](Cc1ccc(F)cc1)C(=O)NCc1ccc(-c2ccccc2)cc1. The molecule has 0 fully saturated rings. The number of hydrogen-bond acceptors (Lipinski definition) is 4. The molecule has 0 aliphatic carbocycles. The molecule has 48 heavy (non-hydrogen) atoms. The van der Waals surface area contributed by atoms with Crippen LogP contribution in [0.2, 0.25) is 0 Å². The first kappa shape index (κ1) is 35.5. The van der Waals surface area contributed by atoms with Crippen molar-refractivity contribution >= 4 is 23.6 Å². The van der Waals surface area contributed by atoms with Gasteiger partial charge in [0.1, 0.15) is 17.9 Å². The number of aryl methyl sites for hydroxylation is 1. The summed E-state index contributed by atoms with van der Waals surface area (Å²) in [5.74, 6) is -2.40. The summed E-state index contributed by atoms with van der Waals surface area (Å²) in [5, 5.41) is 11.2. The summed E-state index contributed by atoms with van der Waals surface area (Å²) >= 11 is 0. The lowest BCUT2D eigenvalue weighted by Gasteiger charge is -2.25. The zero-order valence-electron chi connectivity index (χ0n) is 27.6. The van der Waals surface area contributed by atoms with E-state index >= 15 is 0 Å². The number of benzene rings is 4. The van der Waals surface area contributed by atoms with Crippen LogP contribution in [0.4, 0.5) is 4.39 Å². The highest BCUT2D eigenvalue weighted by molar-refractivity contribution is 5.95. The number of rotatable bonds is 14. The molecule has 4 aromatic rings. The molecule has 9 heteroatoms. The zero-order chi connectivity index (χ0) is 34.5. The third-order valence-corrected chi connectivity index (χ3v) is 7.55. The number of hydrogen-bond donors (Lipinski definition) is 4. The van der Waals surface area contributed by atoms with Gasteiger partial charge in [0, 0.05) is 24.9 Å². The second-order valence-corrected chi connectivity index (χ2v) is 12.8. The van der Waals surface area contributed by atoms with E-state index in [1.54, 1.807) is 12.1 Å². The van der Waals surface area contributed by atoms with E-state index in [1.165, 1.54) is 12.1 Å². The summed E-state index contributed by atoms with van der Waals surface area (Å²) in [6.07, 6.45) is 0.306. The Kier molecular flexibility index (Phi) is 12.6. The van der Waals surface area contributed by atoms with Gasteiger partial charge in [-0.05, 0) is 67.1 Å². The van der Waals surface area contributed by atoms with Crippen molar-refractivity contribution < 1.29 is 23.6 Å². The van der Waals surface area contributed by atoms with Gasteiger partial charge in [0.15, 0.2) is 0 Å². The summed E-state index contributed by atoms with van der Waals surface area (Å²) in [4.78, 5) is 53.1. The van der Waals surface area contributed by atoms with Crippen LogP contribution in [-0.4, -0.2) is 41.3 Å². The summed E-state index contributed by atoms with van der Waals surface area (Å²) in [7, 11) is 0. The highest BCUT2D eigenvalue weighted by Crippen LogP contribution is 2.19. The normalized spacial score (nSPS) is 12.3. The van der Waals surface area contributed by atoms with Gasteiger partial charge in [0.05, 0.1) is 6.42 Å². The van der Waals surface area contributed by atoms with Gasteiger partial charge >= 0.3 is 0 Å². The van der Waals surface area contributed by atoms with Gasteiger partial charge in [0.2, 0.25) is 23.6 Å². The molecule has 0 radical (unpaired) electrons. The number of carbonyl (C=O) groups excluding carboxylic acids is 4. The van der Waals surface area contributed by atoms with Crippen molar-refractivity contribution in [2.75, 3.05) is 0 Å². The van der Waals surface area contributed by atoms with Crippen molar-refractivity contribution in [2.45, 2.75) is 70.6 Å².